The normalized spacial score (nSPS) is 21.4. The van der Waals surface area contributed by atoms with Crippen molar-refractivity contribution >= 4 is 88.8 Å². The van der Waals surface area contributed by atoms with Crippen LogP contribution in [0.3, 0.4) is 0 Å². The molecule has 9 unspecified atom stereocenters. The van der Waals surface area contributed by atoms with Gasteiger partial charge in [-0.2, -0.15) is 35.3 Å². The summed E-state index contributed by atoms with van der Waals surface area (Å²) in [4.78, 5) is 112. The number of hydrogen-bond acceptors (Lipinski definition) is 21. The maximum atomic E-state index is 13.5. The molecule has 6 heterocycles. The monoisotopic (exact) mass is 1490 g/mol. The molecule has 576 valence electrons. The van der Waals surface area contributed by atoms with E-state index in [1.165, 1.54) is 18.2 Å². The van der Waals surface area contributed by atoms with Crippen molar-refractivity contribution in [3.8, 4) is 0 Å². The Labute approximate surface area is 613 Å². The van der Waals surface area contributed by atoms with Gasteiger partial charge in [-0.3, -0.25) is 28.8 Å². The molecule has 33 heteroatoms. The molecule has 102 heavy (non-hydrogen) atoms. The van der Waals surface area contributed by atoms with Crippen molar-refractivity contribution in [3.05, 3.63) is 34.9 Å². The van der Waals surface area contributed by atoms with Crippen molar-refractivity contribution < 1.29 is 85.8 Å². The Balaban J connectivity index is 0.676. The number of rotatable bonds is 60. The second kappa shape index (κ2) is 50.9. The fourth-order valence-corrected chi connectivity index (χ4v) is 17.0. The maximum Gasteiger partial charge on any atom is 0.315 e. The molecule has 6 saturated heterocycles. The van der Waals surface area contributed by atoms with Crippen molar-refractivity contribution in [3.63, 3.8) is 0 Å². The van der Waals surface area contributed by atoms with E-state index < -0.39 is 17.7 Å². The van der Waals surface area contributed by atoms with Gasteiger partial charge in [-0.15, -0.1) is 0 Å². The smallest absolute Gasteiger partial charge is 0.315 e. The molecule has 7 rings (SSSR count). The second-order valence-electron chi connectivity index (χ2n) is 25.9. The molecule has 12 amide bonds. The number of benzene rings is 1. The number of nitrogens with one attached hydrogen (secondary N) is 12. The number of carbonyl (C=O) groups is 9. The zero-order valence-corrected chi connectivity index (χ0v) is 61.8. The molecule has 6 aliphatic rings. The summed E-state index contributed by atoms with van der Waals surface area (Å²) >= 11 is 5.66. The minimum atomic E-state index is -0.453. The average Bonchev–Trinajstić information content (AvgIpc) is 1.61. The molecule has 0 saturated carbocycles. The van der Waals surface area contributed by atoms with Crippen molar-refractivity contribution in [2.45, 2.75) is 168 Å². The molecule has 6 fully saturated rings. The predicted molar refractivity (Wildman–Crippen MR) is 389 cm³/mol. The summed E-state index contributed by atoms with van der Waals surface area (Å²) < 4.78 is 50.9. The van der Waals surface area contributed by atoms with Gasteiger partial charge in [0, 0.05) is 148 Å². The van der Waals surface area contributed by atoms with Crippen LogP contribution in [0.2, 0.25) is 0 Å². The van der Waals surface area contributed by atoms with E-state index in [1.54, 1.807) is 0 Å². The van der Waals surface area contributed by atoms with Gasteiger partial charge in [-0.25, -0.2) is 14.4 Å². The van der Waals surface area contributed by atoms with Gasteiger partial charge in [0.2, 0.25) is 17.7 Å². The van der Waals surface area contributed by atoms with E-state index >= 15 is 0 Å². The zero-order valence-electron chi connectivity index (χ0n) is 59.3. The first-order chi connectivity index (χ1) is 49.9. The lowest BCUT2D eigenvalue weighted by molar-refractivity contribution is -0.122. The Hall–Kier alpha value is -5.46. The number of carbonyl (C=O) groups excluding carboxylic acids is 9. The Bertz CT molecular complexity index is 2400. The number of hydrogen-bond donors (Lipinski definition) is 12. The second-order valence-corrected chi connectivity index (χ2v) is 29.7. The third-order valence-corrected chi connectivity index (χ3v) is 22.3. The van der Waals surface area contributed by atoms with Gasteiger partial charge in [0.1, 0.15) is 0 Å². The molecule has 9 atom stereocenters. The first-order valence-corrected chi connectivity index (χ1v) is 40.1. The molecule has 1 aromatic carbocycles. The SMILES string of the molecule is O=C(CCCCC1SCC2NC(=O)NC21)NCCCOCCOCCOCCCNC(=O)c1cc(C(=O)NCCCOCCOCCOCCCNC(=O)CCCCC2SCC3NC(=O)NC32)cc(C(=O)NCCCOCCOCCOCCCNC(=O)CCCCC2SCC3NC(=O)NC32)c1. The van der Waals surface area contributed by atoms with Gasteiger partial charge in [-0.05, 0) is 95.2 Å². The van der Waals surface area contributed by atoms with Crippen LogP contribution in [0.5, 0.6) is 0 Å². The summed E-state index contributed by atoms with van der Waals surface area (Å²) in [6.45, 7) is 9.70. The number of fused-ring (bicyclic) bond motifs is 3. The summed E-state index contributed by atoms with van der Waals surface area (Å²) in [6, 6.07) is 5.34. The van der Waals surface area contributed by atoms with Crippen molar-refractivity contribution in [2.24, 2.45) is 0 Å². The third-order valence-electron chi connectivity index (χ3n) is 17.8. The van der Waals surface area contributed by atoms with Crippen molar-refractivity contribution in [2.75, 3.05) is 175 Å². The van der Waals surface area contributed by atoms with E-state index in [0.717, 1.165) is 75.0 Å². The van der Waals surface area contributed by atoms with Crippen LogP contribution in [0.15, 0.2) is 18.2 Å². The quantitative estimate of drug-likeness (QED) is 0.0329. The third kappa shape index (κ3) is 33.8. The van der Waals surface area contributed by atoms with Gasteiger partial charge >= 0.3 is 18.1 Å². The molecule has 0 radical (unpaired) electrons. The van der Waals surface area contributed by atoms with E-state index in [9.17, 15) is 43.2 Å². The van der Waals surface area contributed by atoms with Crippen LogP contribution >= 0.6 is 35.3 Å². The fraction of sp³-hybridized carbons (Fsp3) is 0.783. The Morgan fingerprint density at radius 1 is 0.304 bits per heavy atom. The van der Waals surface area contributed by atoms with Gasteiger partial charge in [0.15, 0.2) is 0 Å². The predicted octanol–water partition coefficient (Wildman–Crippen LogP) is 2.89. The summed E-state index contributed by atoms with van der Waals surface area (Å²) in [5, 5.41) is 36.6. The fourth-order valence-electron chi connectivity index (χ4n) is 12.4. The van der Waals surface area contributed by atoms with E-state index in [0.29, 0.717) is 212 Å². The minimum Gasteiger partial charge on any atom is -0.379 e. The number of unbranched alkanes of at least 4 members (excludes halogenated alkanes) is 3. The summed E-state index contributed by atoms with van der Waals surface area (Å²) in [7, 11) is 0. The molecule has 1 aromatic rings. The van der Waals surface area contributed by atoms with Crippen LogP contribution in [-0.2, 0) is 57.0 Å². The molecule has 0 aromatic heterocycles. The molecular weight excluding hydrogens is 1380 g/mol. The van der Waals surface area contributed by atoms with E-state index in [-0.39, 0.29) is 108 Å². The summed E-state index contributed by atoms with van der Waals surface area (Å²) in [6.07, 6.45) is 13.3. The highest BCUT2D eigenvalue weighted by atomic mass is 32.2. The van der Waals surface area contributed by atoms with Crippen molar-refractivity contribution in [1.82, 2.24) is 63.8 Å². The lowest BCUT2D eigenvalue weighted by Gasteiger charge is -2.16. The molecule has 12 N–H and O–H groups in total. The number of ether oxygens (including phenoxy) is 9. The zero-order chi connectivity index (χ0) is 72.0. The van der Waals surface area contributed by atoms with Crippen LogP contribution in [0.4, 0.5) is 14.4 Å². The highest BCUT2D eigenvalue weighted by molar-refractivity contribution is 8.00. The topological polar surface area (TPSA) is 381 Å². The number of thioether (sulfide) groups is 3. The summed E-state index contributed by atoms with van der Waals surface area (Å²) in [5.41, 5.74) is 0.444. The van der Waals surface area contributed by atoms with Crippen LogP contribution in [0.1, 0.15) is 147 Å². The van der Waals surface area contributed by atoms with Gasteiger partial charge in [0.25, 0.3) is 17.7 Å². The largest absolute Gasteiger partial charge is 0.379 e. The molecular formula is C69H114N12O18S3. The number of amides is 12. The molecule has 0 bridgehead atoms. The first kappa shape index (κ1) is 83.8. The number of urea groups is 3. The highest BCUT2D eigenvalue weighted by Crippen LogP contribution is 2.35. The van der Waals surface area contributed by atoms with Crippen LogP contribution in [0.25, 0.3) is 0 Å². The lowest BCUT2D eigenvalue weighted by Crippen LogP contribution is -2.36. The molecule has 0 aliphatic carbocycles. The standard InChI is InChI=1S/C69H114N12O18S3/c82-58(16-4-1-13-55-61-52(46-100-55)76-67(88)79-61)70-19-7-25-91-31-37-97-40-34-94-28-10-22-73-64(85)49-43-50(65(86)74-23-11-29-95-35-41-98-38-32-92-26-8-20-71-59(83)17-5-2-14-56-62-53(47-101-56)77-68(89)80-62)45-51(44-49)66(87)75-24-12-30-96-36-42-99-39-33-93-27-9-21-72-60(84)18-6-3-15-57-63-54(48-102-57)78-69(90)81-63/h43-45,52-57,61-63H,1-42,46-48H2,(H,70,82)(H,71,83)(H,72,84)(H,73,85)(H,74,86)(H,75,87)(H2,76,79,88)(H2,77,80,89)(H2,78,81,90). The van der Waals surface area contributed by atoms with Crippen LogP contribution in [-0.4, -0.2) is 281 Å². The van der Waals surface area contributed by atoms with Crippen LogP contribution in [0, 0.1) is 0 Å². The van der Waals surface area contributed by atoms with E-state index in [2.05, 4.69) is 63.8 Å². The van der Waals surface area contributed by atoms with Gasteiger partial charge < -0.3 is 106 Å². The Kier molecular flexibility index (Phi) is 41.8. The molecule has 6 aliphatic heterocycles. The van der Waals surface area contributed by atoms with Gasteiger partial charge in [0.05, 0.1) is 116 Å². The highest BCUT2D eigenvalue weighted by Gasteiger charge is 2.44. The molecule has 30 nitrogen and oxygen atoms in total. The molecule has 0 spiro atoms. The summed E-state index contributed by atoms with van der Waals surface area (Å²) in [5.74, 6) is 1.55. The van der Waals surface area contributed by atoms with Crippen molar-refractivity contribution in [1.29, 1.82) is 0 Å². The maximum absolute atomic E-state index is 13.5. The average molecular weight is 1500 g/mol. The Morgan fingerprint density at radius 3 is 0.775 bits per heavy atom. The lowest BCUT2D eigenvalue weighted by atomic mass is 10.0. The Morgan fingerprint density at radius 2 is 0.529 bits per heavy atom. The van der Waals surface area contributed by atoms with Crippen LogP contribution < -0.4 is 63.8 Å². The van der Waals surface area contributed by atoms with E-state index in [4.69, 9.17) is 42.6 Å². The minimum absolute atomic E-state index is 0.0366. The first-order valence-electron chi connectivity index (χ1n) is 37.0. The van der Waals surface area contributed by atoms with E-state index in [1.807, 2.05) is 35.3 Å². The van der Waals surface area contributed by atoms with Gasteiger partial charge in [-0.1, -0.05) is 19.3 Å².